The highest BCUT2D eigenvalue weighted by Crippen LogP contribution is 2.35. The first kappa shape index (κ1) is 18.5. The van der Waals surface area contributed by atoms with Crippen LogP contribution < -0.4 is 15.1 Å². The van der Waals surface area contributed by atoms with E-state index in [9.17, 15) is 9.18 Å². The number of amides is 1. The number of nitrogens with one attached hydrogen (secondary N) is 1. The van der Waals surface area contributed by atoms with Gasteiger partial charge in [-0.2, -0.15) is 0 Å². The van der Waals surface area contributed by atoms with Crippen molar-refractivity contribution in [3.05, 3.63) is 59.4 Å². The molecule has 0 atom stereocenters. The van der Waals surface area contributed by atoms with E-state index in [0.29, 0.717) is 0 Å². The summed E-state index contributed by atoms with van der Waals surface area (Å²) in [7, 11) is 0. The molecule has 26 heavy (non-hydrogen) atoms. The van der Waals surface area contributed by atoms with Crippen molar-refractivity contribution in [1.82, 2.24) is 5.32 Å². The molecule has 2 aromatic rings. The highest BCUT2D eigenvalue weighted by Gasteiger charge is 2.29. The summed E-state index contributed by atoms with van der Waals surface area (Å²) in [6.45, 7) is 4.29. The van der Waals surface area contributed by atoms with Gasteiger partial charge in [-0.25, -0.2) is 9.18 Å². The summed E-state index contributed by atoms with van der Waals surface area (Å²) in [6.07, 6.45) is -0.394. The van der Waals surface area contributed by atoms with Crippen LogP contribution >= 0.6 is 12.4 Å². The van der Waals surface area contributed by atoms with Gasteiger partial charge in [0.15, 0.2) is 0 Å². The van der Waals surface area contributed by atoms with E-state index in [1.54, 1.807) is 11.0 Å². The van der Waals surface area contributed by atoms with Gasteiger partial charge in [0.25, 0.3) is 0 Å². The fraction of sp³-hybridized carbons (Fsp3) is 0.316. The number of hydrogen-bond acceptors (Lipinski definition) is 4. The van der Waals surface area contributed by atoms with Gasteiger partial charge in [0.2, 0.25) is 0 Å². The summed E-state index contributed by atoms with van der Waals surface area (Å²) in [4.78, 5) is 16.2. The second-order valence-corrected chi connectivity index (χ2v) is 6.28. The number of carbonyl (C=O) groups is 1. The van der Waals surface area contributed by atoms with Gasteiger partial charge in [-0.1, -0.05) is 18.2 Å². The number of fused-ring (bicyclic) bond motifs is 1. The van der Waals surface area contributed by atoms with Gasteiger partial charge in [-0.15, -0.1) is 12.4 Å². The Morgan fingerprint density at radius 2 is 1.81 bits per heavy atom. The van der Waals surface area contributed by atoms with E-state index in [1.807, 2.05) is 18.2 Å². The molecule has 2 aliphatic heterocycles. The van der Waals surface area contributed by atoms with E-state index in [1.165, 1.54) is 12.1 Å². The van der Waals surface area contributed by atoms with Gasteiger partial charge in [-0.3, -0.25) is 4.90 Å². The summed E-state index contributed by atoms with van der Waals surface area (Å²) in [5.74, 6) is -0.308. The minimum absolute atomic E-state index is 0. The fourth-order valence-corrected chi connectivity index (χ4v) is 3.44. The van der Waals surface area contributed by atoms with E-state index in [2.05, 4.69) is 16.3 Å². The summed E-state index contributed by atoms with van der Waals surface area (Å²) in [5.41, 5.74) is 3.70. The van der Waals surface area contributed by atoms with Gasteiger partial charge in [0.05, 0.1) is 12.2 Å². The maximum absolute atomic E-state index is 13.5. The van der Waals surface area contributed by atoms with Crippen molar-refractivity contribution in [1.29, 1.82) is 0 Å². The summed E-state index contributed by atoms with van der Waals surface area (Å²) >= 11 is 0. The second-order valence-electron chi connectivity index (χ2n) is 6.28. The lowest BCUT2D eigenvalue weighted by molar-refractivity contribution is 0.141. The Bertz CT molecular complexity index is 796. The SMILES string of the molecule is Cl.O=C1OCc2c(N3CCNCC3)cccc2N1Cc1cccc(F)c1. The number of ether oxygens (including phenoxy) is 1. The largest absolute Gasteiger partial charge is 0.444 e. The van der Waals surface area contributed by atoms with E-state index >= 15 is 0 Å². The summed E-state index contributed by atoms with van der Waals surface area (Å²) < 4.78 is 18.9. The number of hydrogen-bond donors (Lipinski definition) is 1. The summed E-state index contributed by atoms with van der Waals surface area (Å²) in [5, 5.41) is 3.35. The molecule has 2 heterocycles. The van der Waals surface area contributed by atoms with Crippen LogP contribution in [0.2, 0.25) is 0 Å². The van der Waals surface area contributed by atoms with Crippen LogP contribution in [0, 0.1) is 5.82 Å². The Labute approximate surface area is 158 Å². The molecule has 0 bridgehead atoms. The van der Waals surface area contributed by atoms with Crippen LogP contribution in [0.4, 0.5) is 20.6 Å². The molecule has 2 aliphatic rings. The Morgan fingerprint density at radius 1 is 1.08 bits per heavy atom. The van der Waals surface area contributed by atoms with Gasteiger partial charge in [0.1, 0.15) is 12.4 Å². The van der Waals surface area contributed by atoms with Crippen molar-refractivity contribution in [2.75, 3.05) is 36.0 Å². The molecule has 0 aromatic heterocycles. The number of nitrogens with zero attached hydrogens (tertiary/aromatic N) is 2. The Balaban J connectivity index is 0.00000196. The van der Waals surface area contributed by atoms with Gasteiger partial charge in [0, 0.05) is 37.4 Å². The fourth-order valence-electron chi connectivity index (χ4n) is 3.44. The van der Waals surface area contributed by atoms with Crippen LogP contribution in [-0.4, -0.2) is 32.3 Å². The average Bonchev–Trinajstić information content (AvgIpc) is 2.64. The van der Waals surface area contributed by atoms with Gasteiger partial charge >= 0.3 is 6.09 Å². The number of carbonyl (C=O) groups excluding carboxylic acids is 1. The van der Waals surface area contributed by atoms with E-state index < -0.39 is 6.09 Å². The predicted octanol–water partition coefficient (Wildman–Crippen LogP) is 3.31. The molecule has 1 N–H and O–H groups in total. The first-order valence-electron chi connectivity index (χ1n) is 8.49. The van der Waals surface area contributed by atoms with Crippen LogP contribution in [0.15, 0.2) is 42.5 Å². The Morgan fingerprint density at radius 3 is 2.58 bits per heavy atom. The van der Waals surface area contributed by atoms with Crippen molar-refractivity contribution >= 4 is 29.9 Å². The standard InChI is InChI=1S/C19H20FN3O2.ClH/c20-15-4-1-3-14(11-15)12-23-18-6-2-5-17(16(18)13-25-19(23)24)22-9-7-21-8-10-22;/h1-6,11,21H,7-10,12-13H2;1H. The third-order valence-corrected chi connectivity index (χ3v) is 4.67. The lowest BCUT2D eigenvalue weighted by Crippen LogP contribution is -2.44. The molecular formula is C19H21ClFN3O2. The minimum Gasteiger partial charge on any atom is -0.444 e. The van der Waals surface area contributed by atoms with Crippen molar-refractivity contribution < 1.29 is 13.9 Å². The quantitative estimate of drug-likeness (QED) is 0.891. The number of cyclic esters (lactones) is 1. The molecule has 5 nitrogen and oxygen atoms in total. The third-order valence-electron chi connectivity index (χ3n) is 4.67. The molecule has 138 valence electrons. The summed E-state index contributed by atoms with van der Waals surface area (Å²) in [6, 6.07) is 12.3. The second kappa shape index (κ2) is 7.93. The van der Waals surface area contributed by atoms with Crippen LogP contribution in [0.25, 0.3) is 0 Å². The van der Waals surface area contributed by atoms with Crippen LogP contribution in [0.3, 0.4) is 0 Å². The molecule has 1 fully saturated rings. The molecule has 0 radical (unpaired) electrons. The maximum atomic E-state index is 13.5. The Hall–Kier alpha value is -2.31. The molecule has 0 aliphatic carbocycles. The maximum Gasteiger partial charge on any atom is 0.414 e. The zero-order chi connectivity index (χ0) is 17.2. The number of rotatable bonds is 3. The molecule has 0 spiro atoms. The molecule has 7 heteroatoms. The highest BCUT2D eigenvalue weighted by atomic mass is 35.5. The predicted molar refractivity (Wildman–Crippen MR) is 102 cm³/mol. The molecule has 0 unspecified atom stereocenters. The first-order valence-corrected chi connectivity index (χ1v) is 8.49. The lowest BCUT2D eigenvalue weighted by atomic mass is 10.1. The minimum atomic E-state index is -0.394. The topological polar surface area (TPSA) is 44.8 Å². The van der Waals surface area contributed by atoms with E-state index in [0.717, 1.165) is 48.7 Å². The van der Waals surface area contributed by atoms with Crippen LogP contribution in [0.5, 0.6) is 0 Å². The first-order chi connectivity index (χ1) is 12.2. The highest BCUT2D eigenvalue weighted by molar-refractivity contribution is 5.92. The zero-order valence-electron chi connectivity index (χ0n) is 14.3. The van der Waals surface area contributed by atoms with Crippen molar-refractivity contribution in [2.24, 2.45) is 0 Å². The van der Waals surface area contributed by atoms with Crippen molar-refractivity contribution in [3.63, 3.8) is 0 Å². The molecular weight excluding hydrogens is 357 g/mol. The number of anilines is 2. The molecule has 4 rings (SSSR count). The van der Waals surface area contributed by atoms with Gasteiger partial charge in [-0.05, 0) is 29.8 Å². The molecule has 0 saturated carbocycles. The lowest BCUT2D eigenvalue weighted by Gasteiger charge is -2.35. The average molecular weight is 378 g/mol. The zero-order valence-corrected chi connectivity index (χ0v) is 15.1. The molecule has 1 amide bonds. The van der Waals surface area contributed by atoms with Crippen molar-refractivity contribution in [2.45, 2.75) is 13.2 Å². The van der Waals surface area contributed by atoms with Crippen LogP contribution in [0.1, 0.15) is 11.1 Å². The molecule has 1 saturated heterocycles. The molecule has 2 aromatic carbocycles. The van der Waals surface area contributed by atoms with Gasteiger partial charge < -0.3 is 15.0 Å². The van der Waals surface area contributed by atoms with Crippen LogP contribution in [-0.2, 0) is 17.9 Å². The third kappa shape index (κ3) is 3.61. The normalized spacial score (nSPS) is 16.6. The van der Waals surface area contributed by atoms with Crippen molar-refractivity contribution in [3.8, 4) is 0 Å². The van der Waals surface area contributed by atoms with E-state index in [-0.39, 0.29) is 31.4 Å². The Kier molecular flexibility index (Phi) is 5.64. The van der Waals surface area contributed by atoms with E-state index in [4.69, 9.17) is 4.74 Å². The number of benzene rings is 2. The number of halogens is 2. The monoisotopic (exact) mass is 377 g/mol. The smallest absolute Gasteiger partial charge is 0.414 e. The number of piperazine rings is 1.